The van der Waals surface area contributed by atoms with E-state index in [1.54, 1.807) is 0 Å². The largest absolute Gasteiger partial charge is 0.381 e. The topological polar surface area (TPSA) is 63.8 Å². The molecule has 0 saturated heterocycles. The second kappa shape index (κ2) is 5.80. The van der Waals surface area contributed by atoms with Crippen LogP contribution in [0.3, 0.4) is 0 Å². The van der Waals surface area contributed by atoms with Gasteiger partial charge in [0, 0.05) is 18.7 Å². The van der Waals surface area contributed by atoms with Crippen molar-refractivity contribution in [2.75, 3.05) is 18.4 Å². The minimum atomic E-state index is 0.596. The number of nitrogens with one attached hydrogen (secondary N) is 1. The van der Waals surface area contributed by atoms with Gasteiger partial charge in [-0.3, -0.25) is 0 Å². The van der Waals surface area contributed by atoms with E-state index in [0.717, 1.165) is 35.0 Å². The number of nitrogens with zero attached hydrogens (tertiary/aromatic N) is 2. The Kier molecular flexibility index (Phi) is 4.12. The summed E-state index contributed by atoms with van der Waals surface area (Å²) < 4.78 is 0. The van der Waals surface area contributed by atoms with E-state index in [1.165, 1.54) is 5.56 Å². The van der Waals surface area contributed by atoms with Gasteiger partial charge in [0.15, 0.2) is 5.82 Å². The van der Waals surface area contributed by atoms with Crippen molar-refractivity contribution in [1.82, 2.24) is 9.97 Å². The van der Waals surface area contributed by atoms with Crippen molar-refractivity contribution in [2.45, 2.75) is 20.8 Å². The van der Waals surface area contributed by atoms with Gasteiger partial charge in [-0.25, -0.2) is 9.97 Å². The predicted molar refractivity (Wildman–Crippen MR) is 79.2 cm³/mol. The van der Waals surface area contributed by atoms with E-state index in [0.29, 0.717) is 6.54 Å². The molecule has 0 bridgehead atoms. The first-order chi connectivity index (χ1) is 9.13. The number of aromatic nitrogens is 2. The Balaban J connectivity index is 2.43. The van der Waals surface area contributed by atoms with Crippen LogP contribution in [0.5, 0.6) is 0 Å². The lowest BCUT2D eigenvalue weighted by Crippen LogP contribution is -2.15. The highest BCUT2D eigenvalue weighted by Crippen LogP contribution is 2.24. The van der Waals surface area contributed by atoms with Gasteiger partial charge in [0.2, 0.25) is 0 Å². The zero-order valence-corrected chi connectivity index (χ0v) is 11.7. The Morgan fingerprint density at radius 1 is 1.05 bits per heavy atom. The number of nitrogens with two attached hydrogens (primary N) is 1. The molecule has 1 heterocycles. The molecule has 1 aromatic carbocycles. The summed E-state index contributed by atoms with van der Waals surface area (Å²) in [7, 11) is 0. The molecule has 4 heteroatoms. The Labute approximate surface area is 114 Å². The van der Waals surface area contributed by atoms with Crippen molar-refractivity contribution in [3.8, 4) is 11.4 Å². The van der Waals surface area contributed by atoms with Crippen LogP contribution < -0.4 is 11.1 Å². The molecule has 0 aliphatic carbocycles. The molecule has 0 unspecified atom stereocenters. The van der Waals surface area contributed by atoms with Gasteiger partial charge in [0.1, 0.15) is 0 Å². The highest BCUT2D eigenvalue weighted by atomic mass is 15.0. The molecule has 3 N–H and O–H groups in total. The van der Waals surface area contributed by atoms with Crippen LogP contribution in [0.15, 0.2) is 24.3 Å². The van der Waals surface area contributed by atoms with Crippen molar-refractivity contribution in [1.29, 1.82) is 0 Å². The summed E-state index contributed by atoms with van der Waals surface area (Å²) in [5.74, 6) is 0.784. The zero-order valence-electron chi connectivity index (χ0n) is 11.7. The number of rotatable bonds is 4. The van der Waals surface area contributed by atoms with E-state index >= 15 is 0 Å². The minimum absolute atomic E-state index is 0.596. The van der Waals surface area contributed by atoms with Crippen molar-refractivity contribution < 1.29 is 0 Å². The van der Waals surface area contributed by atoms with Crippen LogP contribution in [0.4, 0.5) is 5.69 Å². The summed E-state index contributed by atoms with van der Waals surface area (Å²) in [4.78, 5) is 9.21. The lowest BCUT2D eigenvalue weighted by molar-refractivity contribution is 0.990. The molecule has 0 spiro atoms. The van der Waals surface area contributed by atoms with Crippen molar-refractivity contribution in [3.05, 3.63) is 41.2 Å². The van der Waals surface area contributed by atoms with Gasteiger partial charge in [-0.1, -0.05) is 24.3 Å². The van der Waals surface area contributed by atoms with Gasteiger partial charge in [-0.15, -0.1) is 0 Å². The third-order valence-corrected chi connectivity index (χ3v) is 3.10. The summed E-state index contributed by atoms with van der Waals surface area (Å²) in [5, 5.41) is 3.27. The molecule has 0 atom stereocenters. The fourth-order valence-corrected chi connectivity index (χ4v) is 2.11. The van der Waals surface area contributed by atoms with Crippen molar-refractivity contribution >= 4 is 5.69 Å². The Bertz CT molecular complexity index is 555. The summed E-state index contributed by atoms with van der Waals surface area (Å²) in [6.07, 6.45) is 0. The molecule has 4 nitrogen and oxygen atoms in total. The number of hydrogen-bond acceptors (Lipinski definition) is 4. The van der Waals surface area contributed by atoms with E-state index in [2.05, 4.69) is 34.3 Å². The van der Waals surface area contributed by atoms with E-state index in [4.69, 9.17) is 5.73 Å². The molecule has 0 fully saturated rings. The standard InChI is InChI=1S/C15H20N4/c1-10-6-4-5-7-13(10)15-18-11(2)14(12(3)19-15)17-9-8-16/h4-7,17H,8-9,16H2,1-3H3. The maximum atomic E-state index is 5.51. The van der Waals surface area contributed by atoms with Crippen LogP contribution in [0, 0.1) is 20.8 Å². The molecule has 2 rings (SSSR count). The molecule has 100 valence electrons. The third kappa shape index (κ3) is 2.90. The molecule has 0 aliphatic rings. The molecule has 19 heavy (non-hydrogen) atoms. The molecule has 2 aromatic rings. The second-order valence-electron chi connectivity index (χ2n) is 4.62. The van der Waals surface area contributed by atoms with Gasteiger partial charge >= 0.3 is 0 Å². The van der Waals surface area contributed by atoms with Crippen LogP contribution in [-0.2, 0) is 0 Å². The Hall–Kier alpha value is -1.94. The maximum Gasteiger partial charge on any atom is 0.160 e. The first-order valence-electron chi connectivity index (χ1n) is 6.48. The SMILES string of the molecule is Cc1ccccc1-c1nc(C)c(NCCN)c(C)n1. The average molecular weight is 256 g/mol. The van der Waals surface area contributed by atoms with Crippen LogP contribution >= 0.6 is 0 Å². The lowest BCUT2D eigenvalue weighted by atomic mass is 10.1. The molecule has 0 amide bonds. The third-order valence-electron chi connectivity index (χ3n) is 3.10. The molecule has 0 aliphatic heterocycles. The van der Waals surface area contributed by atoms with Gasteiger partial charge in [0.25, 0.3) is 0 Å². The van der Waals surface area contributed by atoms with Crippen molar-refractivity contribution in [2.24, 2.45) is 5.73 Å². The fourth-order valence-electron chi connectivity index (χ4n) is 2.11. The monoisotopic (exact) mass is 256 g/mol. The summed E-state index contributed by atoms with van der Waals surface area (Å²) in [6.45, 7) is 7.39. The first-order valence-corrected chi connectivity index (χ1v) is 6.48. The maximum absolute atomic E-state index is 5.51. The fraction of sp³-hybridized carbons (Fsp3) is 0.333. The normalized spacial score (nSPS) is 10.5. The van der Waals surface area contributed by atoms with Gasteiger partial charge in [0.05, 0.1) is 17.1 Å². The number of aryl methyl sites for hydroxylation is 3. The van der Waals surface area contributed by atoms with Gasteiger partial charge in [-0.05, 0) is 26.3 Å². The molecule has 0 saturated carbocycles. The average Bonchev–Trinajstić information content (AvgIpc) is 2.38. The summed E-state index contributed by atoms with van der Waals surface area (Å²) in [5.41, 5.74) is 10.7. The van der Waals surface area contributed by atoms with Crippen LogP contribution in [0.1, 0.15) is 17.0 Å². The summed E-state index contributed by atoms with van der Waals surface area (Å²) >= 11 is 0. The highest BCUT2D eigenvalue weighted by Gasteiger charge is 2.10. The quantitative estimate of drug-likeness (QED) is 0.882. The Morgan fingerprint density at radius 2 is 1.68 bits per heavy atom. The number of anilines is 1. The van der Waals surface area contributed by atoms with E-state index in [-0.39, 0.29) is 0 Å². The number of hydrogen-bond donors (Lipinski definition) is 2. The van der Waals surface area contributed by atoms with Gasteiger partial charge < -0.3 is 11.1 Å². The van der Waals surface area contributed by atoms with Crippen molar-refractivity contribution in [3.63, 3.8) is 0 Å². The molecule has 1 aromatic heterocycles. The second-order valence-corrected chi connectivity index (χ2v) is 4.62. The van der Waals surface area contributed by atoms with Crippen LogP contribution in [-0.4, -0.2) is 23.1 Å². The highest BCUT2D eigenvalue weighted by molar-refractivity contribution is 5.63. The van der Waals surface area contributed by atoms with E-state index in [9.17, 15) is 0 Å². The zero-order chi connectivity index (χ0) is 13.8. The molecular formula is C15H20N4. The van der Waals surface area contributed by atoms with E-state index < -0.39 is 0 Å². The first kappa shape index (κ1) is 13.5. The van der Waals surface area contributed by atoms with Crippen LogP contribution in [0.25, 0.3) is 11.4 Å². The summed E-state index contributed by atoms with van der Waals surface area (Å²) in [6, 6.07) is 8.16. The lowest BCUT2D eigenvalue weighted by Gasteiger charge is -2.13. The molecule has 0 radical (unpaired) electrons. The smallest absolute Gasteiger partial charge is 0.160 e. The molecular weight excluding hydrogens is 236 g/mol. The predicted octanol–water partition coefficient (Wildman–Crippen LogP) is 2.44. The van der Waals surface area contributed by atoms with E-state index in [1.807, 2.05) is 26.0 Å². The number of benzene rings is 1. The Morgan fingerprint density at radius 3 is 2.26 bits per heavy atom. The van der Waals surface area contributed by atoms with Gasteiger partial charge in [-0.2, -0.15) is 0 Å². The minimum Gasteiger partial charge on any atom is -0.381 e. The van der Waals surface area contributed by atoms with Crippen LogP contribution in [0.2, 0.25) is 0 Å².